The van der Waals surface area contributed by atoms with Gasteiger partial charge in [0.05, 0.1) is 17.1 Å². The Labute approximate surface area is 95.1 Å². The lowest BCUT2D eigenvalue weighted by Crippen LogP contribution is -2.13. The highest BCUT2D eigenvalue weighted by Crippen LogP contribution is 2.28. The molecule has 2 heterocycles. The van der Waals surface area contributed by atoms with Gasteiger partial charge in [-0.3, -0.25) is 5.10 Å². The molecule has 4 heteroatoms. The first-order chi connectivity index (χ1) is 7.50. The van der Waals surface area contributed by atoms with Gasteiger partial charge >= 0.3 is 0 Å². The number of aromatic amines is 1. The van der Waals surface area contributed by atoms with Gasteiger partial charge in [-0.15, -0.1) is 0 Å². The van der Waals surface area contributed by atoms with Crippen molar-refractivity contribution in [2.24, 2.45) is 0 Å². The average molecular weight is 216 g/mol. The molecule has 0 saturated heterocycles. The minimum atomic E-state index is 0.0475. The third-order valence-electron chi connectivity index (χ3n) is 2.56. The van der Waals surface area contributed by atoms with E-state index in [4.69, 9.17) is 0 Å². The molecule has 0 bridgehead atoms. The third-order valence-corrected chi connectivity index (χ3v) is 2.56. The number of rotatable bonds is 1. The fraction of sp³-hybridized carbons (Fsp3) is 0.417. The van der Waals surface area contributed by atoms with E-state index < -0.39 is 0 Å². The molecular formula is C12H16N4. The maximum absolute atomic E-state index is 4.38. The summed E-state index contributed by atoms with van der Waals surface area (Å²) in [5.74, 6) is 0. The fourth-order valence-electron chi connectivity index (χ4n) is 1.82. The summed E-state index contributed by atoms with van der Waals surface area (Å²) in [7, 11) is 0. The van der Waals surface area contributed by atoms with Gasteiger partial charge in [-0.2, -0.15) is 5.10 Å². The summed E-state index contributed by atoms with van der Waals surface area (Å²) in [6.45, 7) is 8.53. The first-order valence-corrected chi connectivity index (χ1v) is 5.32. The quantitative estimate of drug-likeness (QED) is 0.796. The summed E-state index contributed by atoms with van der Waals surface area (Å²) in [6.07, 6.45) is 3.28. The van der Waals surface area contributed by atoms with E-state index in [1.807, 2.05) is 6.07 Å². The number of nitrogens with one attached hydrogen (secondary N) is 1. The van der Waals surface area contributed by atoms with Crippen LogP contribution in [0.3, 0.4) is 0 Å². The standard InChI is InChI=1S/C12H16N4/c1-8-10(9-5-6-13-7-14-9)15-16-11(8)12(2,3)4/h5-7H,1-4H3,(H,15,16). The highest BCUT2D eigenvalue weighted by atomic mass is 15.1. The number of H-pyrrole nitrogens is 1. The molecule has 2 rings (SSSR count). The second kappa shape index (κ2) is 3.70. The zero-order valence-electron chi connectivity index (χ0n) is 10.1. The smallest absolute Gasteiger partial charge is 0.116 e. The Balaban J connectivity index is 2.50. The molecule has 0 saturated carbocycles. The van der Waals surface area contributed by atoms with Gasteiger partial charge < -0.3 is 0 Å². The molecule has 0 amide bonds. The van der Waals surface area contributed by atoms with E-state index >= 15 is 0 Å². The molecule has 0 unspecified atom stereocenters. The van der Waals surface area contributed by atoms with Crippen LogP contribution < -0.4 is 0 Å². The summed E-state index contributed by atoms with van der Waals surface area (Å²) in [5, 5.41) is 7.43. The molecule has 0 aliphatic rings. The Morgan fingerprint density at radius 1 is 1.25 bits per heavy atom. The van der Waals surface area contributed by atoms with Crippen LogP contribution in [0.5, 0.6) is 0 Å². The van der Waals surface area contributed by atoms with E-state index in [1.165, 1.54) is 0 Å². The van der Waals surface area contributed by atoms with Crippen LogP contribution in [0, 0.1) is 6.92 Å². The van der Waals surface area contributed by atoms with Gasteiger partial charge in [0, 0.05) is 17.2 Å². The van der Waals surface area contributed by atoms with Crippen LogP contribution in [0.1, 0.15) is 32.0 Å². The molecule has 0 atom stereocenters. The van der Waals surface area contributed by atoms with Crippen molar-refractivity contribution < 1.29 is 0 Å². The number of hydrogen-bond acceptors (Lipinski definition) is 3. The number of aromatic nitrogens is 4. The lowest BCUT2D eigenvalue weighted by molar-refractivity contribution is 0.563. The lowest BCUT2D eigenvalue weighted by atomic mass is 9.89. The monoisotopic (exact) mass is 216 g/mol. The fourth-order valence-corrected chi connectivity index (χ4v) is 1.82. The molecule has 84 valence electrons. The Morgan fingerprint density at radius 3 is 2.50 bits per heavy atom. The summed E-state index contributed by atoms with van der Waals surface area (Å²) in [4.78, 5) is 8.13. The zero-order chi connectivity index (χ0) is 11.8. The highest BCUT2D eigenvalue weighted by molar-refractivity contribution is 5.59. The van der Waals surface area contributed by atoms with Crippen LogP contribution in [-0.4, -0.2) is 20.2 Å². The third kappa shape index (κ3) is 1.83. The zero-order valence-corrected chi connectivity index (χ0v) is 10.1. The van der Waals surface area contributed by atoms with E-state index in [2.05, 4.69) is 47.9 Å². The first kappa shape index (κ1) is 10.8. The predicted molar refractivity (Wildman–Crippen MR) is 63.1 cm³/mol. The second-order valence-electron chi connectivity index (χ2n) is 4.92. The van der Waals surface area contributed by atoms with Crippen LogP contribution in [-0.2, 0) is 5.41 Å². The van der Waals surface area contributed by atoms with E-state index in [9.17, 15) is 0 Å². The molecule has 2 aromatic heterocycles. The molecule has 0 spiro atoms. The van der Waals surface area contributed by atoms with Gasteiger partial charge in [-0.25, -0.2) is 9.97 Å². The van der Waals surface area contributed by atoms with Crippen LogP contribution in [0.2, 0.25) is 0 Å². The van der Waals surface area contributed by atoms with Crippen LogP contribution in [0.4, 0.5) is 0 Å². The van der Waals surface area contributed by atoms with Crippen molar-refractivity contribution in [3.63, 3.8) is 0 Å². The SMILES string of the molecule is Cc1c(C(C)(C)C)n[nH]c1-c1ccncn1. The van der Waals surface area contributed by atoms with Crippen molar-refractivity contribution >= 4 is 0 Å². The Bertz CT molecular complexity index is 479. The maximum Gasteiger partial charge on any atom is 0.116 e. The van der Waals surface area contributed by atoms with Crippen molar-refractivity contribution in [3.8, 4) is 11.4 Å². The average Bonchev–Trinajstić information content (AvgIpc) is 2.61. The molecule has 0 aliphatic carbocycles. The Hall–Kier alpha value is -1.71. The maximum atomic E-state index is 4.38. The summed E-state index contributed by atoms with van der Waals surface area (Å²) in [6, 6.07) is 1.88. The van der Waals surface area contributed by atoms with Gasteiger partial charge in [-0.1, -0.05) is 20.8 Å². The summed E-state index contributed by atoms with van der Waals surface area (Å²) >= 11 is 0. The van der Waals surface area contributed by atoms with Gasteiger partial charge in [-0.05, 0) is 13.0 Å². The molecule has 4 nitrogen and oxygen atoms in total. The molecule has 2 aromatic rings. The van der Waals surface area contributed by atoms with Crippen molar-refractivity contribution in [1.29, 1.82) is 0 Å². The number of hydrogen-bond donors (Lipinski definition) is 1. The van der Waals surface area contributed by atoms with Crippen LogP contribution in [0.15, 0.2) is 18.6 Å². The van der Waals surface area contributed by atoms with Crippen LogP contribution >= 0.6 is 0 Å². The summed E-state index contributed by atoms with van der Waals surface area (Å²) < 4.78 is 0. The van der Waals surface area contributed by atoms with Gasteiger partial charge in [0.1, 0.15) is 6.33 Å². The normalized spacial score (nSPS) is 11.8. The molecule has 0 aromatic carbocycles. The molecule has 16 heavy (non-hydrogen) atoms. The van der Waals surface area contributed by atoms with Gasteiger partial charge in [0.2, 0.25) is 0 Å². The van der Waals surface area contributed by atoms with Crippen molar-refractivity contribution in [1.82, 2.24) is 20.2 Å². The predicted octanol–water partition coefficient (Wildman–Crippen LogP) is 2.47. The van der Waals surface area contributed by atoms with E-state index in [0.717, 1.165) is 22.6 Å². The molecular weight excluding hydrogens is 200 g/mol. The van der Waals surface area contributed by atoms with Crippen molar-refractivity contribution in [2.45, 2.75) is 33.1 Å². The molecule has 0 aliphatic heterocycles. The number of nitrogens with zero attached hydrogens (tertiary/aromatic N) is 3. The molecule has 0 radical (unpaired) electrons. The van der Waals surface area contributed by atoms with Gasteiger partial charge in [0.25, 0.3) is 0 Å². The van der Waals surface area contributed by atoms with Gasteiger partial charge in [0.15, 0.2) is 0 Å². The Morgan fingerprint density at radius 2 is 2.00 bits per heavy atom. The van der Waals surface area contributed by atoms with Crippen molar-refractivity contribution in [3.05, 3.63) is 29.8 Å². The topological polar surface area (TPSA) is 54.5 Å². The lowest BCUT2D eigenvalue weighted by Gasteiger charge is -2.16. The molecule has 1 N–H and O–H groups in total. The van der Waals surface area contributed by atoms with E-state index in [-0.39, 0.29) is 5.41 Å². The second-order valence-corrected chi connectivity index (χ2v) is 4.92. The van der Waals surface area contributed by atoms with Crippen molar-refractivity contribution in [2.75, 3.05) is 0 Å². The van der Waals surface area contributed by atoms with E-state index in [0.29, 0.717) is 0 Å². The minimum absolute atomic E-state index is 0.0475. The van der Waals surface area contributed by atoms with Crippen LogP contribution in [0.25, 0.3) is 11.4 Å². The summed E-state index contributed by atoms with van der Waals surface area (Å²) in [5.41, 5.74) is 4.15. The molecule has 0 fully saturated rings. The largest absolute Gasteiger partial charge is 0.276 e. The first-order valence-electron chi connectivity index (χ1n) is 5.32. The highest BCUT2D eigenvalue weighted by Gasteiger charge is 2.22. The Kier molecular flexibility index (Phi) is 2.50. The van der Waals surface area contributed by atoms with E-state index in [1.54, 1.807) is 12.5 Å². The minimum Gasteiger partial charge on any atom is -0.276 e.